The second-order valence-corrected chi connectivity index (χ2v) is 4.04. The predicted molar refractivity (Wildman–Crippen MR) is 69.3 cm³/mol. The molecule has 0 amide bonds. The van der Waals surface area contributed by atoms with Crippen LogP contribution in [0.25, 0.3) is 0 Å². The topological polar surface area (TPSA) is 46.5 Å². The van der Waals surface area contributed by atoms with Crippen molar-refractivity contribution in [3.63, 3.8) is 0 Å². The molecule has 0 aliphatic carbocycles. The molecule has 3 heteroatoms. The van der Waals surface area contributed by atoms with Crippen LogP contribution in [0.4, 0.5) is 0 Å². The van der Waals surface area contributed by atoms with Crippen LogP contribution in [-0.4, -0.2) is 18.5 Å². The highest BCUT2D eigenvalue weighted by Crippen LogP contribution is 2.20. The molecule has 0 aliphatic rings. The fourth-order valence-corrected chi connectivity index (χ4v) is 1.78. The molecule has 0 saturated heterocycles. The van der Waals surface area contributed by atoms with Crippen LogP contribution in [0.1, 0.15) is 21.5 Å². The zero-order chi connectivity index (χ0) is 13.0. The van der Waals surface area contributed by atoms with Crippen LogP contribution in [0.3, 0.4) is 0 Å². The number of benzene rings is 2. The Kier molecular flexibility index (Phi) is 3.63. The first-order chi connectivity index (χ1) is 8.72. The lowest BCUT2D eigenvalue weighted by molar-refractivity contribution is 0.112. The monoisotopic (exact) mass is 242 g/mol. The van der Waals surface area contributed by atoms with Gasteiger partial charge in [0.1, 0.15) is 11.5 Å². The van der Waals surface area contributed by atoms with Crippen molar-refractivity contribution in [2.45, 2.75) is 6.42 Å². The fourth-order valence-electron chi connectivity index (χ4n) is 1.78. The maximum atomic E-state index is 10.6. The summed E-state index contributed by atoms with van der Waals surface area (Å²) in [5.74, 6) is 0.842. The second kappa shape index (κ2) is 5.36. The Morgan fingerprint density at radius 1 is 1.11 bits per heavy atom. The molecule has 92 valence electrons. The van der Waals surface area contributed by atoms with Crippen molar-refractivity contribution < 1.29 is 14.6 Å². The Morgan fingerprint density at radius 3 is 2.33 bits per heavy atom. The molecule has 0 heterocycles. The summed E-state index contributed by atoms with van der Waals surface area (Å²) in [6, 6.07) is 12.8. The van der Waals surface area contributed by atoms with Gasteiger partial charge >= 0.3 is 0 Å². The van der Waals surface area contributed by atoms with E-state index in [1.165, 1.54) is 0 Å². The molecule has 2 aromatic rings. The van der Waals surface area contributed by atoms with Crippen molar-refractivity contribution in [3.8, 4) is 11.5 Å². The third kappa shape index (κ3) is 2.69. The lowest BCUT2D eigenvalue weighted by Crippen LogP contribution is -1.90. The highest BCUT2D eigenvalue weighted by Gasteiger charge is 2.02. The highest BCUT2D eigenvalue weighted by atomic mass is 16.5. The molecule has 18 heavy (non-hydrogen) atoms. The molecule has 0 aromatic heterocycles. The van der Waals surface area contributed by atoms with E-state index in [0.29, 0.717) is 18.3 Å². The molecule has 0 bridgehead atoms. The maximum Gasteiger partial charge on any atom is 0.153 e. The molecule has 2 rings (SSSR count). The van der Waals surface area contributed by atoms with E-state index >= 15 is 0 Å². The normalized spacial score (nSPS) is 10.1. The summed E-state index contributed by atoms with van der Waals surface area (Å²) in [5, 5.41) is 9.60. The number of phenolic OH excluding ortho intramolecular Hbond substituents is 1. The number of carbonyl (C=O) groups excluding carboxylic acids is 1. The van der Waals surface area contributed by atoms with Gasteiger partial charge in [-0.3, -0.25) is 4.79 Å². The van der Waals surface area contributed by atoms with Gasteiger partial charge in [0.25, 0.3) is 0 Å². The number of hydrogen-bond acceptors (Lipinski definition) is 3. The lowest BCUT2D eigenvalue weighted by atomic mass is 10.0. The molecule has 0 atom stereocenters. The minimum atomic E-state index is 0.0241. The molecule has 3 nitrogen and oxygen atoms in total. The van der Waals surface area contributed by atoms with E-state index in [1.54, 1.807) is 19.2 Å². The van der Waals surface area contributed by atoms with Gasteiger partial charge in [-0.25, -0.2) is 0 Å². The molecular weight excluding hydrogens is 228 g/mol. The summed E-state index contributed by atoms with van der Waals surface area (Å²) < 4.78 is 5.09. The van der Waals surface area contributed by atoms with Crippen LogP contribution in [-0.2, 0) is 6.42 Å². The van der Waals surface area contributed by atoms with Gasteiger partial charge in [-0.05, 0) is 41.8 Å². The van der Waals surface area contributed by atoms with E-state index in [4.69, 9.17) is 4.74 Å². The molecular formula is C15H14O3. The van der Waals surface area contributed by atoms with Gasteiger partial charge in [0.2, 0.25) is 0 Å². The first-order valence-corrected chi connectivity index (χ1v) is 5.63. The Labute approximate surface area is 106 Å². The number of ether oxygens (including phenoxy) is 1. The van der Waals surface area contributed by atoms with Crippen LogP contribution in [0.15, 0.2) is 42.5 Å². The fraction of sp³-hybridized carbons (Fsp3) is 0.133. The van der Waals surface area contributed by atoms with Crippen molar-refractivity contribution >= 4 is 6.29 Å². The summed E-state index contributed by atoms with van der Waals surface area (Å²) >= 11 is 0. The van der Waals surface area contributed by atoms with E-state index in [0.717, 1.165) is 16.9 Å². The number of hydrogen-bond donors (Lipinski definition) is 1. The van der Waals surface area contributed by atoms with Crippen molar-refractivity contribution in [2.75, 3.05) is 7.11 Å². The maximum absolute atomic E-state index is 10.6. The zero-order valence-corrected chi connectivity index (χ0v) is 10.1. The van der Waals surface area contributed by atoms with Gasteiger partial charge in [-0.15, -0.1) is 0 Å². The van der Waals surface area contributed by atoms with Crippen molar-refractivity contribution in [1.82, 2.24) is 0 Å². The van der Waals surface area contributed by atoms with Crippen LogP contribution >= 0.6 is 0 Å². The molecule has 0 spiro atoms. The third-order valence-electron chi connectivity index (χ3n) is 2.79. The number of phenols is 1. The highest BCUT2D eigenvalue weighted by molar-refractivity contribution is 5.79. The SMILES string of the molecule is COc1ccc(Cc2ccc(C=O)c(O)c2)cc1. The minimum Gasteiger partial charge on any atom is -0.507 e. The van der Waals surface area contributed by atoms with E-state index in [9.17, 15) is 9.90 Å². The Morgan fingerprint density at radius 2 is 1.78 bits per heavy atom. The van der Waals surface area contributed by atoms with Gasteiger partial charge in [0.15, 0.2) is 6.29 Å². The van der Waals surface area contributed by atoms with Crippen LogP contribution in [0.5, 0.6) is 11.5 Å². The third-order valence-corrected chi connectivity index (χ3v) is 2.79. The first-order valence-electron chi connectivity index (χ1n) is 5.63. The Bertz CT molecular complexity index is 544. The van der Waals surface area contributed by atoms with E-state index in [2.05, 4.69) is 0 Å². The van der Waals surface area contributed by atoms with Crippen molar-refractivity contribution in [3.05, 3.63) is 59.2 Å². The zero-order valence-electron chi connectivity index (χ0n) is 10.1. The standard InChI is InChI=1S/C15H14O3/c1-18-14-6-3-11(4-7-14)8-12-2-5-13(10-16)15(17)9-12/h2-7,9-10,17H,8H2,1H3. The summed E-state index contributed by atoms with van der Waals surface area (Å²) in [6.07, 6.45) is 1.35. The van der Waals surface area contributed by atoms with Gasteiger partial charge in [-0.1, -0.05) is 18.2 Å². The summed E-state index contributed by atoms with van der Waals surface area (Å²) in [6.45, 7) is 0. The number of rotatable bonds is 4. The number of carbonyl (C=O) groups is 1. The van der Waals surface area contributed by atoms with Crippen molar-refractivity contribution in [2.24, 2.45) is 0 Å². The molecule has 0 radical (unpaired) electrons. The smallest absolute Gasteiger partial charge is 0.153 e. The molecule has 0 saturated carbocycles. The second-order valence-electron chi connectivity index (χ2n) is 4.04. The van der Waals surface area contributed by atoms with E-state index in [-0.39, 0.29) is 5.75 Å². The average Bonchev–Trinajstić information content (AvgIpc) is 2.40. The molecule has 1 N–H and O–H groups in total. The van der Waals surface area contributed by atoms with E-state index < -0.39 is 0 Å². The predicted octanol–water partition coefficient (Wildman–Crippen LogP) is 2.80. The largest absolute Gasteiger partial charge is 0.507 e. The summed E-state index contributed by atoms with van der Waals surface area (Å²) in [7, 11) is 1.63. The summed E-state index contributed by atoms with van der Waals surface area (Å²) in [4.78, 5) is 10.6. The van der Waals surface area contributed by atoms with Gasteiger partial charge in [0, 0.05) is 0 Å². The van der Waals surface area contributed by atoms with Crippen molar-refractivity contribution in [1.29, 1.82) is 0 Å². The van der Waals surface area contributed by atoms with E-state index in [1.807, 2.05) is 30.3 Å². The van der Waals surface area contributed by atoms with Gasteiger partial charge in [0.05, 0.1) is 12.7 Å². The molecule has 0 unspecified atom stereocenters. The van der Waals surface area contributed by atoms with Crippen LogP contribution in [0, 0.1) is 0 Å². The van der Waals surface area contributed by atoms with Crippen LogP contribution < -0.4 is 4.74 Å². The number of aldehydes is 1. The summed E-state index contributed by atoms with van der Waals surface area (Å²) in [5.41, 5.74) is 2.39. The average molecular weight is 242 g/mol. The number of aromatic hydroxyl groups is 1. The number of methoxy groups -OCH3 is 1. The quantitative estimate of drug-likeness (QED) is 0.838. The Hall–Kier alpha value is -2.29. The lowest BCUT2D eigenvalue weighted by Gasteiger charge is -2.05. The van der Waals surface area contributed by atoms with Gasteiger partial charge < -0.3 is 9.84 Å². The van der Waals surface area contributed by atoms with Crippen LogP contribution in [0.2, 0.25) is 0 Å². The van der Waals surface area contributed by atoms with Gasteiger partial charge in [-0.2, -0.15) is 0 Å². The first kappa shape index (κ1) is 12.2. The Balaban J connectivity index is 2.17. The molecule has 0 fully saturated rings. The molecule has 0 aliphatic heterocycles. The molecule has 2 aromatic carbocycles. The minimum absolute atomic E-state index is 0.0241.